The topological polar surface area (TPSA) is 66.6 Å². The molecule has 3 N–H and O–H groups in total. The molecule has 1 heterocycles. The van der Waals surface area contributed by atoms with Gasteiger partial charge in [-0.3, -0.25) is 0 Å². The summed E-state index contributed by atoms with van der Waals surface area (Å²) >= 11 is 0. The van der Waals surface area contributed by atoms with Crippen molar-refractivity contribution in [1.29, 1.82) is 0 Å². The number of nitrogens with zero attached hydrogens (tertiary/aromatic N) is 1. The summed E-state index contributed by atoms with van der Waals surface area (Å²) in [5, 5.41) is 10.6. The van der Waals surface area contributed by atoms with E-state index in [9.17, 15) is 4.79 Å². The van der Waals surface area contributed by atoms with Gasteiger partial charge in [0, 0.05) is 6.54 Å². The molecule has 0 spiro atoms. The second-order valence-electron chi connectivity index (χ2n) is 3.41. The molecule has 0 saturated heterocycles. The van der Waals surface area contributed by atoms with Crippen molar-refractivity contribution in [3.05, 3.63) is 29.3 Å². The summed E-state index contributed by atoms with van der Waals surface area (Å²) in [6.45, 7) is 0.788. The maximum absolute atomic E-state index is 10.9. The van der Waals surface area contributed by atoms with Gasteiger partial charge in [-0.1, -0.05) is 6.07 Å². The molecule has 76 valence electrons. The van der Waals surface area contributed by atoms with Crippen LogP contribution in [-0.2, 0) is 6.42 Å². The van der Waals surface area contributed by atoms with E-state index in [1.165, 1.54) is 0 Å². The van der Waals surface area contributed by atoms with Gasteiger partial charge in [0.1, 0.15) is 0 Å². The summed E-state index contributed by atoms with van der Waals surface area (Å²) in [4.78, 5) is 10.9. The van der Waals surface area contributed by atoms with Gasteiger partial charge in [0.05, 0.1) is 11.3 Å². The molecule has 2 rings (SSSR count). The summed E-state index contributed by atoms with van der Waals surface area (Å²) in [6.07, 6.45) is 1.71. The molecule has 15 heavy (non-hydrogen) atoms. The summed E-state index contributed by atoms with van der Waals surface area (Å²) in [5.41, 5.74) is 2.07. The summed E-state index contributed by atoms with van der Waals surface area (Å²) in [6, 6.07) is 5.22. The first-order chi connectivity index (χ1) is 6.70. The van der Waals surface area contributed by atoms with Gasteiger partial charge >= 0.3 is 35.5 Å². The first-order valence-corrected chi connectivity index (χ1v) is 4.57. The molecule has 0 amide bonds. The van der Waals surface area contributed by atoms with E-state index in [2.05, 4.69) is 0 Å². The number of anilines is 1. The van der Waals surface area contributed by atoms with Gasteiger partial charge in [0.25, 0.3) is 0 Å². The van der Waals surface area contributed by atoms with Crippen LogP contribution >= 0.6 is 0 Å². The zero-order valence-corrected chi connectivity index (χ0v) is 7.73. The number of hydrogen-bond donors (Lipinski definition) is 2. The molecule has 1 aromatic rings. The molecule has 0 radical (unpaired) electrons. The molecular weight excluding hydrogens is 203 g/mol. The van der Waals surface area contributed by atoms with Crippen LogP contribution in [0.5, 0.6) is 0 Å². The molecule has 0 aliphatic carbocycles. The van der Waals surface area contributed by atoms with Crippen LogP contribution in [0.2, 0.25) is 0 Å². The molecule has 4 nitrogen and oxygen atoms in total. The number of carboxylic acids is 1. The number of fused-ring (bicyclic) bond motifs is 1. The SMILES string of the molecule is NN1CCCc2c(C(=O)O)cccc21.[NaH]. The van der Waals surface area contributed by atoms with E-state index in [0.29, 0.717) is 5.56 Å². The second-order valence-corrected chi connectivity index (χ2v) is 3.41. The van der Waals surface area contributed by atoms with Crippen LogP contribution in [0, 0.1) is 0 Å². The van der Waals surface area contributed by atoms with Gasteiger partial charge < -0.3 is 10.1 Å². The number of aromatic carboxylic acids is 1. The van der Waals surface area contributed by atoms with Crippen molar-refractivity contribution in [2.75, 3.05) is 11.6 Å². The maximum atomic E-state index is 10.9. The second kappa shape index (κ2) is 4.99. The van der Waals surface area contributed by atoms with Gasteiger partial charge in [0.2, 0.25) is 0 Å². The van der Waals surface area contributed by atoms with Crippen molar-refractivity contribution < 1.29 is 9.90 Å². The van der Waals surface area contributed by atoms with Crippen molar-refractivity contribution in [3.63, 3.8) is 0 Å². The predicted molar refractivity (Wildman–Crippen MR) is 60.4 cm³/mol. The fourth-order valence-corrected chi connectivity index (χ4v) is 1.85. The minimum absolute atomic E-state index is 0. The van der Waals surface area contributed by atoms with Crippen molar-refractivity contribution in [2.45, 2.75) is 12.8 Å². The number of hydrazine groups is 1. The zero-order chi connectivity index (χ0) is 10.1. The van der Waals surface area contributed by atoms with E-state index in [0.717, 1.165) is 30.6 Å². The Labute approximate surface area is 110 Å². The van der Waals surface area contributed by atoms with Gasteiger partial charge in [-0.05, 0) is 30.5 Å². The van der Waals surface area contributed by atoms with Crippen LogP contribution in [0.4, 0.5) is 5.69 Å². The molecule has 1 aliphatic heterocycles. The van der Waals surface area contributed by atoms with Gasteiger partial charge in [-0.25, -0.2) is 10.6 Å². The molecule has 5 heteroatoms. The molecule has 1 aliphatic rings. The summed E-state index contributed by atoms with van der Waals surface area (Å²) in [5.74, 6) is 4.88. The minimum atomic E-state index is -0.878. The normalized spacial score (nSPS) is 14.1. The van der Waals surface area contributed by atoms with Crippen LogP contribution in [0.3, 0.4) is 0 Å². The van der Waals surface area contributed by atoms with Crippen molar-refractivity contribution in [1.82, 2.24) is 0 Å². The van der Waals surface area contributed by atoms with E-state index in [-0.39, 0.29) is 29.6 Å². The average molecular weight is 216 g/mol. The Morgan fingerprint density at radius 1 is 1.47 bits per heavy atom. The summed E-state index contributed by atoms with van der Waals surface area (Å²) < 4.78 is 0. The molecule has 0 saturated carbocycles. The van der Waals surface area contributed by atoms with Crippen LogP contribution < -0.4 is 10.9 Å². The Balaban J connectivity index is 0.00000112. The first-order valence-electron chi connectivity index (χ1n) is 4.57. The molecule has 1 aromatic carbocycles. The van der Waals surface area contributed by atoms with Crippen LogP contribution in [0.1, 0.15) is 22.3 Å². The number of nitrogens with two attached hydrogens (primary N) is 1. The first kappa shape index (κ1) is 12.5. The number of carbonyl (C=O) groups is 1. The Bertz CT molecular complexity index is 382. The predicted octanol–water partition coefficient (Wildman–Crippen LogP) is 0.363. The van der Waals surface area contributed by atoms with Crippen LogP contribution in [0.15, 0.2) is 18.2 Å². The molecule has 0 aromatic heterocycles. The van der Waals surface area contributed by atoms with Crippen LogP contribution in [-0.4, -0.2) is 47.2 Å². The third kappa shape index (κ3) is 2.34. The molecule has 0 unspecified atom stereocenters. The van der Waals surface area contributed by atoms with E-state index >= 15 is 0 Å². The summed E-state index contributed by atoms with van der Waals surface area (Å²) in [7, 11) is 0. The third-order valence-electron chi connectivity index (χ3n) is 2.52. The van der Waals surface area contributed by atoms with Crippen molar-refractivity contribution in [2.24, 2.45) is 5.84 Å². The van der Waals surface area contributed by atoms with Crippen molar-refractivity contribution >= 4 is 41.2 Å². The van der Waals surface area contributed by atoms with Crippen molar-refractivity contribution in [3.8, 4) is 0 Å². The monoisotopic (exact) mass is 216 g/mol. The number of benzene rings is 1. The van der Waals surface area contributed by atoms with E-state index < -0.39 is 5.97 Å². The third-order valence-corrected chi connectivity index (χ3v) is 2.52. The standard InChI is InChI=1S/C10H12N2O2.Na.H/c11-12-6-2-4-7-8(10(13)14)3-1-5-9(7)12;;/h1,3,5H,2,4,6,11H2,(H,13,14);;. The number of hydrogen-bond acceptors (Lipinski definition) is 3. The van der Waals surface area contributed by atoms with E-state index in [1.807, 2.05) is 6.07 Å². The molecule has 0 fully saturated rings. The van der Waals surface area contributed by atoms with Crippen LogP contribution in [0.25, 0.3) is 0 Å². The Hall–Kier alpha value is -0.550. The quantitative estimate of drug-likeness (QED) is 0.525. The number of carboxylic acid groups (broad SMARTS) is 1. The fraction of sp³-hybridized carbons (Fsp3) is 0.300. The fourth-order valence-electron chi connectivity index (χ4n) is 1.85. The van der Waals surface area contributed by atoms with Gasteiger partial charge in [0.15, 0.2) is 0 Å². The molecular formula is C10H13N2NaO2. The number of rotatable bonds is 1. The average Bonchev–Trinajstić information content (AvgIpc) is 2.17. The van der Waals surface area contributed by atoms with E-state index in [4.69, 9.17) is 10.9 Å². The Morgan fingerprint density at radius 3 is 2.87 bits per heavy atom. The van der Waals surface area contributed by atoms with Gasteiger partial charge in [-0.2, -0.15) is 0 Å². The van der Waals surface area contributed by atoms with E-state index in [1.54, 1.807) is 17.1 Å². The Kier molecular flexibility index (Phi) is 4.16. The van der Waals surface area contributed by atoms with Gasteiger partial charge in [-0.15, -0.1) is 0 Å². The Morgan fingerprint density at radius 2 is 2.20 bits per heavy atom. The molecule has 0 bridgehead atoms. The zero-order valence-electron chi connectivity index (χ0n) is 7.73. The molecule has 0 atom stereocenters.